The van der Waals surface area contributed by atoms with Crippen LogP contribution in [0.5, 0.6) is 11.5 Å². The highest BCUT2D eigenvalue weighted by Gasteiger charge is 2.38. The third-order valence-electron chi connectivity index (χ3n) is 2.51. The number of ether oxygens (including phenoxy) is 2. The quantitative estimate of drug-likeness (QED) is 0.853. The fraction of sp³-hybridized carbons (Fsp3) is 0.417. The molecule has 0 fully saturated rings. The molecule has 4 nitrogen and oxygen atoms in total. The number of hydrogen-bond donors (Lipinski definition) is 1. The van der Waals surface area contributed by atoms with Crippen LogP contribution < -0.4 is 9.47 Å². The molecule has 0 heterocycles. The lowest BCUT2D eigenvalue weighted by Crippen LogP contribution is -2.28. The topological polar surface area (TPSA) is 55.8 Å². The Kier molecular flexibility index (Phi) is 4.47. The highest BCUT2D eigenvalue weighted by molar-refractivity contribution is 5.75. The number of aliphatic carboxylic acids is 1. The van der Waals surface area contributed by atoms with Crippen molar-refractivity contribution in [1.29, 1.82) is 0 Å². The van der Waals surface area contributed by atoms with Crippen LogP contribution in [0.3, 0.4) is 0 Å². The van der Waals surface area contributed by atoms with Crippen LogP contribution in [-0.4, -0.2) is 31.2 Å². The number of aryl methyl sites for hydroxylation is 1. The minimum Gasteiger partial charge on any atom is -0.497 e. The van der Waals surface area contributed by atoms with Gasteiger partial charge in [-0.2, -0.15) is 8.78 Å². The lowest BCUT2D eigenvalue weighted by molar-refractivity contribution is -0.165. The van der Waals surface area contributed by atoms with Gasteiger partial charge in [0.15, 0.2) is 0 Å². The number of carbonyl (C=O) groups is 1. The maximum Gasteiger partial charge on any atom is 0.374 e. The van der Waals surface area contributed by atoms with Crippen molar-refractivity contribution < 1.29 is 28.2 Å². The van der Waals surface area contributed by atoms with Gasteiger partial charge in [-0.25, -0.2) is 4.79 Å². The van der Waals surface area contributed by atoms with Crippen LogP contribution >= 0.6 is 0 Å². The Morgan fingerprint density at radius 2 is 2.00 bits per heavy atom. The Morgan fingerprint density at radius 3 is 2.50 bits per heavy atom. The maximum absolute atomic E-state index is 13.0. The van der Waals surface area contributed by atoms with Crippen LogP contribution in [-0.2, 0) is 11.2 Å². The van der Waals surface area contributed by atoms with Crippen LogP contribution in [0.15, 0.2) is 18.2 Å². The summed E-state index contributed by atoms with van der Waals surface area (Å²) in [6, 6.07) is 4.78. The van der Waals surface area contributed by atoms with Gasteiger partial charge in [-0.05, 0) is 30.2 Å². The molecule has 0 aromatic heterocycles. The van der Waals surface area contributed by atoms with Gasteiger partial charge < -0.3 is 14.6 Å². The number of halogens is 2. The Balaban J connectivity index is 2.86. The SMILES string of the molecule is COc1ccc(OC)c(CCC(F)(F)C(=O)O)c1. The molecule has 1 aromatic rings. The fourth-order valence-corrected chi connectivity index (χ4v) is 1.48. The summed E-state index contributed by atoms with van der Waals surface area (Å²) in [5.74, 6) is -4.93. The first-order valence-corrected chi connectivity index (χ1v) is 5.23. The van der Waals surface area contributed by atoms with Crippen molar-refractivity contribution in [2.24, 2.45) is 0 Å². The standard InChI is InChI=1S/C12H14F2O4/c1-17-9-3-4-10(18-2)8(7-9)5-6-12(13,14)11(15)16/h3-4,7H,5-6H2,1-2H3,(H,15,16). The first-order valence-electron chi connectivity index (χ1n) is 5.23. The fourth-order valence-electron chi connectivity index (χ4n) is 1.48. The molecule has 1 N–H and O–H groups in total. The second-order valence-corrected chi connectivity index (χ2v) is 3.69. The van der Waals surface area contributed by atoms with E-state index in [0.717, 1.165) is 0 Å². The molecule has 0 radical (unpaired) electrons. The molecule has 0 aliphatic rings. The van der Waals surface area contributed by atoms with E-state index in [-0.39, 0.29) is 6.42 Å². The van der Waals surface area contributed by atoms with Gasteiger partial charge in [0.25, 0.3) is 0 Å². The second kappa shape index (κ2) is 5.66. The molecule has 0 atom stereocenters. The molecule has 0 unspecified atom stereocenters. The summed E-state index contributed by atoms with van der Waals surface area (Å²) in [5, 5.41) is 8.34. The Morgan fingerprint density at radius 1 is 1.33 bits per heavy atom. The van der Waals surface area contributed by atoms with Crippen molar-refractivity contribution >= 4 is 5.97 Å². The zero-order valence-electron chi connectivity index (χ0n) is 10.1. The molecule has 1 aromatic carbocycles. The van der Waals surface area contributed by atoms with Gasteiger partial charge in [-0.3, -0.25) is 0 Å². The average Bonchev–Trinajstić information content (AvgIpc) is 2.35. The van der Waals surface area contributed by atoms with E-state index < -0.39 is 18.3 Å². The molecule has 0 bridgehead atoms. The van der Waals surface area contributed by atoms with Crippen molar-refractivity contribution in [3.05, 3.63) is 23.8 Å². The number of alkyl halides is 2. The number of methoxy groups -OCH3 is 2. The van der Waals surface area contributed by atoms with E-state index in [1.807, 2.05) is 0 Å². The molecule has 1 rings (SSSR count). The van der Waals surface area contributed by atoms with Crippen molar-refractivity contribution in [2.45, 2.75) is 18.8 Å². The lowest BCUT2D eigenvalue weighted by atomic mass is 10.0. The molecular formula is C12H14F2O4. The number of benzene rings is 1. The summed E-state index contributed by atoms with van der Waals surface area (Å²) in [7, 11) is 2.87. The van der Waals surface area contributed by atoms with Crippen LogP contribution in [0.2, 0.25) is 0 Å². The van der Waals surface area contributed by atoms with E-state index >= 15 is 0 Å². The molecule has 100 valence electrons. The zero-order chi connectivity index (χ0) is 13.8. The average molecular weight is 260 g/mol. The van der Waals surface area contributed by atoms with Crippen LogP contribution in [0, 0.1) is 0 Å². The predicted molar refractivity (Wildman–Crippen MR) is 60.4 cm³/mol. The minimum absolute atomic E-state index is 0.111. The van der Waals surface area contributed by atoms with E-state index in [9.17, 15) is 13.6 Å². The van der Waals surface area contributed by atoms with Gasteiger partial charge in [-0.15, -0.1) is 0 Å². The van der Waals surface area contributed by atoms with E-state index in [1.165, 1.54) is 14.2 Å². The highest BCUT2D eigenvalue weighted by Crippen LogP contribution is 2.28. The Bertz CT molecular complexity index is 432. The number of rotatable bonds is 6. The predicted octanol–water partition coefficient (Wildman–Crippen LogP) is 2.36. The third-order valence-corrected chi connectivity index (χ3v) is 2.51. The van der Waals surface area contributed by atoms with Gasteiger partial charge in [0.2, 0.25) is 0 Å². The van der Waals surface area contributed by atoms with Gasteiger partial charge in [0.1, 0.15) is 11.5 Å². The number of carboxylic acid groups (broad SMARTS) is 1. The van der Waals surface area contributed by atoms with Gasteiger partial charge in [-0.1, -0.05) is 0 Å². The molecule has 0 amide bonds. The largest absolute Gasteiger partial charge is 0.497 e. The van der Waals surface area contributed by atoms with E-state index in [1.54, 1.807) is 18.2 Å². The normalized spacial score (nSPS) is 11.1. The molecule has 0 saturated heterocycles. The van der Waals surface area contributed by atoms with Crippen LogP contribution in [0.4, 0.5) is 8.78 Å². The molecule has 18 heavy (non-hydrogen) atoms. The summed E-state index contributed by atoms with van der Waals surface area (Å²) in [5.41, 5.74) is 0.484. The van der Waals surface area contributed by atoms with Gasteiger partial charge in [0.05, 0.1) is 14.2 Å². The monoisotopic (exact) mass is 260 g/mol. The number of hydrogen-bond acceptors (Lipinski definition) is 3. The summed E-state index contributed by atoms with van der Waals surface area (Å²) in [6.45, 7) is 0. The highest BCUT2D eigenvalue weighted by atomic mass is 19.3. The first-order chi connectivity index (χ1) is 8.40. The summed E-state index contributed by atoms with van der Waals surface area (Å²) in [4.78, 5) is 10.3. The Labute approximate surface area is 103 Å². The summed E-state index contributed by atoms with van der Waals surface area (Å²) in [6.07, 6.45) is -0.897. The third kappa shape index (κ3) is 3.32. The van der Waals surface area contributed by atoms with Crippen molar-refractivity contribution in [3.8, 4) is 11.5 Å². The van der Waals surface area contributed by atoms with Crippen LogP contribution in [0.25, 0.3) is 0 Å². The van der Waals surface area contributed by atoms with E-state index in [2.05, 4.69) is 0 Å². The molecule has 0 aliphatic heterocycles. The van der Waals surface area contributed by atoms with E-state index in [4.69, 9.17) is 14.6 Å². The molecule has 0 spiro atoms. The lowest BCUT2D eigenvalue weighted by Gasteiger charge is -2.13. The zero-order valence-corrected chi connectivity index (χ0v) is 10.1. The smallest absolute Gasteiger partial charge is 0.374 e. The van der Waals surface area contributed by atoms with Crippen LogP contribution in [0.1, 0.15) is 12.0 Å². The van der Waals surface area contributed by atoms with Gasteiger partial charge >= 0.3 is 11.9 Å². The molecule has 0 aliphatic carbocycles. The number of carboxylic acids is 1. The van der Waals surface area contributed by atoms with Crippen molar-refractivity contribution in [1.82, 2.24) is 0 Å². The van der Waals surface area contributed by atoms with Gasteiger partial charge in [0, 0.05) is 6.42 Å². The Hall–Kier alpha value is -1.85. The first kappa shape index (κ1) is 14.2. The van der Waals surface area contributed by atoms with Crippen molar-refractivity contribution in [2.75, 3.05) is 14.2 Å². The van der Waals surface area contributed by atoms with Crippen molar-refractivity contribution in [3.63, 3.8) is 0 Å². The minimum atomic E-state index is -3.74. The molecule has 6 heteroatoms. The second-order valence-electron chi connectivity index (χ2n) is 3.69. The summed E-state index contributed by atoms with van der Waals surface area (Å²) < 4.78 is 36.0. The maximum atomic E-state index is 13.0. The summed E-state index contributed by atoms with van der Waals surface area (Å²) >= 11 is 0. The molecular weight excluding hydrogens is 246 g/mol. The van der Waals surface area contributed by atoms with E-state index in [0.29, 0.717) is 17.1 Å². The molecule has 0 saturated carbocycles.